The van der Waals surface area contributed by atoms with Crippen LogP contribution < -0.4 is 5.32 Å². The Kier molecular flexibility index (Phi) is 3.85. The molecule has 0 spiro atoms. The average Bonchev–Trinajstić information content (AvgIpc) is 2.83. The SMILES string of the molecule is CCCNc1n[nH]c(N=Cc2ccccc2)n1. The van der Waals surface area contributed by atoms with Crippen LogP contribution in [0.2, 0.25) is 0 Å². The zero-order chi connectivity index (χ0) is 11.9. The second kappa shape index (κ2) is 5.79. The number of nitrogens with one attached hydrogen (secondary N) is 2. The summed E-state index contributed by atoms with van der Waals surface area (Å²) < 4.78 is 0. The molecule has 0 fully saturated rings. The van der Waals surface area contributed by atoms with Gasteiger partial charge in [0.2, 0.25) is 11.9 Å². The summed E-state index contributed by atoms with van der Waals surface area (Å²) in [5.41, 5.74) is 1.03. The first kappa shape index (κ1) is 11.3. The molecule has 0 aliphatic heterocycles. The Balaban J connectivity index is 1.99. The molecule has 1 aromatic heterocycles. The van der Waals surface area contributed by atoms with Crippen molar-refractivity contribution in [2.75, 3.05) is 11.9 Å². The summed E-state index contributed by atoms with van der Waals surface area (Å²) in [7, 11) is 0. The predicted octanol–water partition coefficient (Wildman–Crippen LogP) is 2.38. The molecule has 0 radical (unpaired) electrons. The van der Waals surface area contributed by atoms with Gasteiger partial charge < -0.3 is 5.32 Å². The van der Waals surface area contributed by atoms with Gasteiger partial charge >= 0.3 is 0 Å². The molecule has 0 saturated carbocycles. The molecule has 5 heteroatoms. The molecule has 0 atom stereocenters. The van der Waals surface area contributed by atoms with E-state index in [1.807, 2.05) is 30.3 Å². The molecule has 0 saturated heterocycles. The summed E-state index contributed by atoms with van der Waals surface area (Å²) in [5, 5.41) is 9.85. The first-order chi connectivity index (χ1) is 8.38. The Labute approximate surface area is 100 Å². The van der Waals surface area contributed by atoms with Gasteiger partial charge in [0.25, 0.3) is 0 Å². The van der Waals surface area contributed by atoms with E-state index in [-0.39, 0.29) is 0 Å². The first-order valence-corrected chi connectivity index (χ1v) is 5.64. The Bertz CT molecular complexity index is 475. The number of aromatic nitrogens is 3. The van der Waals surface area contributed by atoms with Crippen LogP contribution in [0.3, 0.4) is 0 Å². The molecule has 1 heterocycles. The standard InChI is InChI=1S/C12H15N5/c1-2-8-13-11-15-12(17-16-11)14-9-10-6-4-3-5-7-10/h3-7,9H,2,8H2,1H3,(H2,13,15,16,17). The summed E-state index contributed by atoms with van der Waals surface area (Å²) in [4.78, 5) is 8.40. The number of anilines is 1. The van der Waals surface area contributed by atoms with Crippen LogP contribution in [-0.2, 0) is 0 Å². The van der Waals surface area contributed by atoms with Crippen LogP contribution in [-0.4, -0.2) is 27.9 Å². The van der Waals surface area contributed by atoms with Gasteiger partial charge in [0.15, 0.2) is 0 Å². The molecule has 0 aliphatic rings. The first-order valence-electron chi connectivity index (χ1n) is 5.64. The summed E-state index contributed by atoms with van der Waals surface area (Å²) in [5.74, 6) is 1.10. The van der Waals surface area contributed by atoms with E-state index in [0.29, 0.717) is 11.9 Å². The molecule has 2 aromatic rings. The lowest BCUT2D eigenvalue weighted by Crippen LogP contribution is -2.00. The number of hydrogen-bond donors (Lipinski definition) is 2. The lowest BCUT2D eigenvalue weighted by Gasteiger charge is -1.94. The molecule has 1 aromatic carbocycles. The van der Waals surface area contributed by atoms with Gasteiger partial charge in [-0.15, -0.1) is 5.10 Å². The van der Waals surface area contributed by atoms with Crippen LogP contribution in [0.25, 0.3) is 0 Å². The van der Waals surface area contributed by atoms with Crippen LogP contribution in [0.4, 0.5) is 11.9 Å². The van der Waals surface area contributed by atoms with Crippen molar-refractivity contribution in [1.29, 1.82) is 0 Å². The van der Waals surface area contributed by atoms with Crippen LogP contribution in [0.5, 0.6) is 0 Å². The normalized spacial score (nSPS) is 10.9. The molecule has 17 heavy (non-hydrogen) atoms. The molecule has 5 nitrogen and oxygen atoms in total. The molecular weight excluding hydrogens is 214 g/mol. The maximum Gasteiger partial charge on any atom is 0.246 e. The van der Waals surface area contributed by atoms with Crippen molar-refractivity contribution >= 4 is 18.1 Å². The minimum absolute atomic E-state index is 0.507. The third kappa shape index (κ3) is 3.41. The van der Waals surface area contributed by atoms with E-state index in [0.717, 1.165) is 18.5 Å². The Morgan fingerprint density at radius 1 is 1.35 bits per heavy atom. The molecule has 0 bridgehead atoms. The highest BCUT2D eigenvalue weighted by Crippen LogP contribution is 2.07. The number of rotatable bonds is 5. The Morgan fingerprint density at radius 2 is 2.18 bits per heavy atom. The molecule has 0 aliphatic carbocycles. The maximum atomic E-state index is 4.21. The van der Waals surface area contributed by atoms with Crippen molar-refractivity contribution in [3.8, 4) is 0 Å². The Morgan fingerprint density at radius 3 is 2.94 bits per heavy atom. The fourth-order valence-corrected chi connectivity index (χ4v) is 1.30. The number of H-pyrrole nitrogens is 1. The van der Waals surface area contributed by atoms with Gasteiger partial charge in [-0.1, -0.05) is 37.3 Å². The van der Waals surface area contributed by atoms with Crippen LogP contribution in [0.1, 0.15) is 18.9 Å². The predicted molar refractivity (Wildman–Crippen MR) is 68.9 cm³/mol. The number of nitrogens with zero attached hydrogens (tertiary/aromatic N) is 3. The molecule has 0 unspecified atom stereocenters. The average molecular weight is 229 g/mol. The Hall–Kier alpha value is -2.17. The third-order valence-corrected chi connectivity index (χ3v) is 2.14. The van der Waals surface area contributed by atoms with Gasteiger partial charge in [0.1, 0.15) is 0 Å². The largest absolute Gasteiger partial charge is 0.353 e. The van der Waals surface area contributed by atoms with E-state index in [1.54, 1.807) is 6.21 Å². The summed E-state index contributed by atoms with van der Waals surface area (Å²) >= 11 is 0. The molecule has 88 valence electrons. The van der Waals surface area contributed by atoms with E-state index in [2.05, 4.69) is 32.4 Å². The molecule has 0 amide bonds. The molecule has 2 N–H and O–H groups in total. The van der Waals surface area contributed by atoms with E-state index in [4.69, 9.17) is 0 Å². The zero-order valence-corrected chi connectivity index (χ0v) is 9.72. The highest BCUT2D eigenvalue weighted by molar-refractivity contribution is 5.81. The highest BCUT2D eigenvalue weighted by atomic mass is 15.3. The van der Waals surface area contributed by atoms with Crippen molar-refractivity contribution in [3.05, 3.63) is 35.9 Å². The van der Waals surface area contributed by atoms with Crippen molar-refractivity contribution in [2.24, 2.45) is 4.99 Å². The monoisotopic (exact) mass is 229 g/mol. The minimum atomic E-state index is 0.507. The van der Waals surface area contributed by atoms with E-state index < -0.39 is 0 Å². The summed E-state index contributed by atoms with van der Waals surface area (Å²) in [6.07, 6.45) is 2.79. The quantitative estimate of drug-likeness (QED) is 0.773. The fraction of sp³-hybridized carbons (Fsp3) is 0.250. The fourth-order valence-electron chi connectivity index (χ4n) is 1.30. The van der Waals surface area contributed by atoms with Gasteiger partial charge in [-0.05, 0) is 12.0 Å². The highest BCUT2D eigenvalue weighted by Gasteiger charge is 1.98. The van der Waals surface area contributed by atoms with Crippen molar-refractivity contribution in [2.45, 2.75) is 13.3 Å². The summed E-state index contributed by atoms with van der Waals surface area (Å²) in [6, 6.07) is 9.87. The van der Waals surface area contributed by atoms with Gasteiger partial charge in [0, 0.05) is 12.8 Å². The van der Waals surface area contributed by atoms with Crippen LogP contribution in [0.15, 0.2) is 35.3 Å². The molecular formula is C12H15N5. The molecule has 2 rings (SSSR count). The van der Waals surface area contributed by atoms with E-state index >= 15 is 0 Å². The van der Waals surface area contributed by atoms with Gasteiger partial charge in [-0.25, -0.2) is 10.1 Å². The summed E-state index contributed by atoms with van der Waals surface area (Å²) in [6.45, 7) is 2.95. The minimum Gasteiger partial charge on any atom is -0.353 e. The van der Waals surface area contributed by atoms with Gasteiger partial charge in [-0.2, -0.15) is 4.98 Å². The van der Waals surface area contributed by atoms with Crippen molar-refractivity contribution in [1.82, 2.24) is 15.2 Å². The van der Waals surface area contributed by atoms with Crippen molar-refractivity contribution < 1.29 is 0 Å². The zero-order valence-electron chi connectivity index (χ0n) is 9.72. The van der Waals surface area contributed by atoms with Crippen molar-refractivity contribution in [3.63, 3.8) is 0 Å². The van der Waals surface area contributed by atoms with Crippen LogP contribution >= 0.6 is 0 Å². The maximum absolute atomic E-state index is 4.21. The third-order valence-electron chi connectivity index (χ3n) is 2.14. The van der Waals surface area contributed by atoms with Gasteiger partial charge in [-0.3, -0.25) is 0 Å². The topological polar surface area (TPSA) is 66.0 Å². The number of hydrogen-bond acceptors (Lipinski definition) is 4. The second-order valence-electron chi connectivity index (χ2n) is 3.58. The lowest BCUT2D eigenvalue weighted by molar-refractivity contribution is 0.954. The lowest BCUT2D eigenvalue weighted by atomic mass is 10.2. The smallest absolute Gasteiger partial charge is 0.246 e. The van der Waals surface area contributed by atoms with E-state index in [1.165, 1.54) is 0 Å². The van der Waals surface area contributed by atoms with Crippen LogP contribution in [0, 0.1) is 0 Å². The van der Waals surface area contributed by atoms with Gasteiger partial charge in [0.05, 0.1) is 0 Å². The number of aromatic amines is 1. The number of aliphatic imine (C=N–C) groups is 1. The van der Waals surface area contributed by atoms with E-state index in [9.17, 15) is 0 Å². The second-order valence-corrected chi connectivity index (χ2v) is 3.58. The number of benzene rings is 1.